The normalized spacial score (nSPS) is 13.1. The maximum absolute atomic E-state index is 13.6. The fraction of sp³-hybridized carbons (Fsp3) is 0.296. The minimum absolute atomic E-state index is 0.136. The standard InChI is InChI=1S/C27H26N2O4S/c1-2-18-12-14-20(15-13-18)29-25(31)24-21-10-6-7-11-22(21)34-26(24)28(27(29)32)16-23(30)33-17-19-8-4-3-5-9-19/h3-5,8-9,12-15H,2,6-7,10-11,16-17H2,1H3. The Labute approximate surface area is 201 Å². The van der Waals surface area contributed by atoms with Crippen LogP contribution in [-0.4, -0.2) is 15.1 Å². The zero-order valence-corrected chi connectivity index (χ0v) is 19.9. The Hall–Kier alpha value is -3.45. The molecule has 1 aliphatic carbocycles. The zero-order valence-electron chi connectivity index (χ0n) is 19.1. The molecule has 2 aromatic carbocycles. The predicted octanol–water partition coefficient (Wildman–Crippen LogP) is 4.40. The van der Waals surface area contributed by atoms with E-state index in [-0.39, 0.29) is 18.7 Å². The molecule has 0 N–H and O–H groups in total. The van der Waals surface area contributed by atoms with E-state index in [0.29, 0.717) is 15.9 Å². The van der Waals surface area contributed by atoms with E-state index in [0.717, 1.165) is 53.7 Å². The lowest BCUT2D eigenvalue weighted by Crippen LogP contribution is -2.40. The Morgan fingerprint density at radius 3 is 2.44 bits per heavy atom. The van der Waals surface area contributed by atoms with Crippen molar-refractivity contribution in [2.75, 3.05) is 0 Å². The van der Waals surface area contributed by atoms with Crippen molar-refractivity contribution in [1.82, 2.24) is 9.13 Å². The quantitative estimate of drug-likeness (QED) is 0.389. The van der Waals surface area contributed by atoms with Gasteiger partial charge in [-0.05, 0) is 60.9 Å². The van der Waals surface area contributed by atoms with Crippen LogP contribution in [0.25, 0.3) is 15.9 Å². The summed E-state index contributed by atoms with van der Waals surface area (Å²) in [5, 5.41) is 0.565. The highest BCUT2D eigenvalue weighted by Crippen LogP contribution is 2.34. The lowest BCUT2D eigenvalue weighted by Gasteiger charge is -2.13. The number of ether oxygens (including phenoxy) is 1. The van der Waals surface area contributed by atoms with Crippen molar-refractivity contribution in [3.8, 4) is 5.69 Å². The summed E-state index contributed by atoms with van der Waals surface area (Å²) < 4.78 is 8.08. The van der Waals surface area contributed by atoms with E-state index in [1.54, 1.807) is 12.1 Å². The van der Waals surface area contributed by atoms with Crippen LogP contribution in [0.15, 0.2) is 64.2 Å². The number of carbonyl (C=O) groups is 1. The number of rotatable bonds is 6. The molecule has 0 fully saturated rings. The molecule has 0 saturated heterocycles. The molecule has 4 aromatic rings. The van der Waals surface area contributed by atoms with Crippen LogP contribution >= 0.6 is 11.3 Å². The zero-order chi connectivity index (χ0) is 23.7. The summed E-state index contributed by atoms with van der Waals surface area (Å²) in [6, 6.07) is 16.9. The fourth-order valence-corrected chi connectivity index (χ4v) is 5.90. The molecule has 5 rings (SSSR count). The number of hydrogen-bond donors (Lipinski definition) is 0. The summed E-state index contributed by atoms with van der Waals surface area (Å²) in [6.07, 6.45) is 4.66. The van der Waals surface area contributed by atoms with Crippen LogP contribution in [0.2, 0.25) is 0 Å². The highest BCUT2D eigenvalue weighted by atomic mass is 32.1. The van der Waals surface area contributed by atoms with Crippen LogP contribution in [0.3, 0.4) is 0 Å². The van der Waals surface area contributed by atoms with E-state index in [2.05, 4.69) is 6.92 Å². The molecule has 0 aliphatic heterocycles. The van der Waals surface area contributed by atoms with Gasteiger partial charge >= 0.3 is 11.7 Å². The molecule has 0 radical (unpaired) electrons. The number of aryl methyl sites for hydroxylation is 3. The summed E-state index contributed by atoms with van der Waals surface area (Å²) in [6.45, 7) is 1.95. The van der Waals surface area contributed by atoms with Gasteiger partial charge in [0.25, 0.3) is 5.56 Å². The highest BCUT2D eigenvalue weighted by Gasteiger charge is 2.25. The molecule has 1 aliphatic rings. The number of benzene rings is 2. The van der Waals surface area contributed by atoms with Crippen LogP contribution in [0, 0.1) is 0 Å². The van der Waals surface area contributed by atoms with E-state index in [4.69, 9.17) is 4.74 Å². The average molecular weight is 475 g/mol. The van der Waals surface area contributed by atoms with Crippen molar-refractivity contribution >= 4 is 27.5 Å². The summed E-state index contributed by atoms with van der Waals surface area (Å²) in [5.41, 5.74) is 2.71. The molecule has 34 heavy (non-hydrogen) atoms. The second-order valence-corrected chi connectivity index (χ2v) is 9.65. The van der Waals surface area contributed by atoms with Crippen molar-refractivity contribution in [3.63, 3.8) is 0 Å². The monoisotopic (exact) mass is 474 g/mol. The van der Waals surface area contributed by atoms with Crippen LogP contribution in [0.5, 0.6) is 0 Å². The molecule has 0 atom stereocenters. The molecule has 174 valence electrons. The summed E-state index contributed by atoms with van der Waals surface area (Å²) >= 11 is 1.46. The number of carbonyl (C=O) groups excluding carboxylic acids is 1. The van der Waals surface area contributed by atoms with Crippen LogP contribution in [0.4, 0.5) is 0 Å². The fourth-order valence-electron chi connectivity index (χ4n) is 4.53. The van der Waals surface area contributed by atoms with Crippen LogP contribution < -0.4 is 11.2 Å². The number of thiophene rings is 1. The van der Waals surface area contributed by atoms with Gasteiger partial charge in [0.2, 0.25) is 0 Å². The van der Waals surface area contributed by atoms with E-state index in [1.165, 1.54) is 20.5 Å². The molecule has 6 nitrogen and oxygen atoms in total. The van der Waals surface area contributed by atoms with Crippen molar-refractivity contribution < 1.29 is 9.53 Å². The minimum Gasteiger partial charge on any atom is -0.459 e. The van der Waals surface area contributed by atoms with E-state index in [1.807, 2.05) is 42.5 Å². The third kappa shape index (κ3) is 4.12. The molecule has 0 saturated carbocycles. The van der Waals surface area contributed by atoms with Crippen LogP contribution in [0.1, 0.15) is 41.3 Å². The number of esters is 1. The van der Waals surface area contributed by atoms with Gasteiger partial charge in [-0.25, -0.2) is 9.36 Å². The molecule has 2 aromatic heterocycles. The molecular formula is C27H26N2O4S. The Morgan fingerprint density at radius 1 is 0.971 bits per heavy atom. The smallest absolute Gasteiger partial charge is 0.337 e. The Kier molecular flexibility index (Phi) is 6.20. The van der Waals surface area contributed by atoms with Gasteiger partial charge in [0.1, 0.15) is 18.0 Å². The topological polar surface area (TPSA) is 70.3 Å². The SMILES string of the molecule is CCc1ccc(-n2c(=O)c3c4c(sc3n(CC(=O)OCc3ccccc3)c2=O)CCCC4)cc1. The first-order chi connectivity index (χ1) is 16.6. The average Bonchev–Trinajstić information content (AvgIpc) is 3.26. The maximum atomic E-state index is 13.6. The van der Waals surface area contributed by atoms with E-state index < -0.39 is 11.7 Å². The summed E-state index contributed by atoms with van der Waals surface area (Å²) in [5.74, 6) is -0.509. The van der Waals surface area contributed by atoms with E-state index in [9.17, 15) is 14.4 Å². The van der Waals surface area contributed by atoms with Crippen molar-refractivity contribution in [3.05, 3.63) is 97.0 Å². The number of aromatic nitrogens is 2. The van der Waals surface area contributed by atoms with Gasteiger partial charge in [0, 0.05) is 4.88 Å². The number of fused-ring (bicyclic) bond motifs is 3. The highest BCUT2D eigenvalue weighted by molar-refractivity contribution is 7.18. The molecule has 0 amide bonds. The first kappa shape index (κ1) is 22.3. The summed E-state index contributed by atoms with van der Waals surface area (Å²) in [4.78, 5) is 41.7. The van der Waals surface area contributed by atoms with Crippen LogP contribution in [-0.2, 0) is 41.9 Å². The van der Waals surface area contributed by atoms with Crippen molar-refractivity contribution in [2.24, 2.45) is 0 Å². The van der Waals surface area contributed by atoms with E-state index >= 15 is 0 Å². The first-order valence-corrected chi connectivity index (χ1v) is 12.5. The van der Waals surface area contributed by atoms with Gasteiger partial charge in [0.05, 0.1) is 11.1 Å². The largest absolute Gasteiger partial charge is 0.459 e. The molecule has 2 heterocycles. The predicted molar refractivity (Wildman–Crippen MR) is 134 cm³/mol. The second-order valence-electron chi connectivity index (χ2n) is 8.57. The number of hydrogen-bond acceptors (Lipinski definition) is 5. The van der Waals surface area contributed by atoms with Gasteiger partial charge < -0.3 is 4.74 Å². The molecule has 7 heteroatoms. The Bertz CT molecular complexity index is 1460. The van der Waals surface area contributed by atoms with Crippen molar-refractivity contribution in [2.45, 2.75) is 52.2 Å². The Morgan fingerprint density at radius 2 is 1.71 bits per heavy atom. The third-order valence-electron chi connectivity index (χ3n) is 6.37. The van der Waals surface area contributed by atoms with Gasteiger partial charge in [0.15, 0.2) is 0 Å². The molecular weight excluding hydrogens is 448 g/mol. The first-order valence-electron chi connectivity index (χ1n) is 11.7. The van der Waals surface area contributed by atoms with Gasteiger partial charge in [-0.1, -0.05) is 49.4 Å². The molecule has 0 bridgehead atoms. The second kappa shape index (κ2) is 9.43. The lowest BCUT2D eigenvalue weighted by molar-refractivity contribution is -0.145. The van der Waals surface area contributed by atoms with Gasteiger partial charge in [-0.15, -0.1) is 11.3 Å². The van der Waals surface area contributed by atoms with Crippen molar-refractivity contribution in [1.29, 1.82) is 0 Å². The van der Waals surface area contributed by atoms with Gasteiger partial charge in [-0.2, -0.15) is 0 Å². The Balaban J connectivity index is 1.60. The molecule has 0 spiro atoms. The van der Waals surface area contributed by atoms with Gasteiger partial charge in [-0.3, -0.25) is 14.2 Å². The molecule has 0 unspecified atom stereocenters. The third-order valence-corrected chi connectivity index (χ3v) is 7.68. The number of nitrogens with zero attached hydrogens (tertiary/aromatic N) is 2. The summed E-state index contributed by atoms with van der Waals surface area (Å²) in [7, 11) is 0. The maximum Gasteiger partial charge on any atom is 0.337 e. The lowest BCUT2D eigenvalue weighted by atomic mass is 9.97. The minimum atomic E-state index is -0.517.